The molecule has 8 heavy (non-hydrogen) atoms. The first-order valence-corrected chi connectivity index (χ1v) is 2.07. The quantitative estimate of drug-likeness (QED) is 0.383. The topological polar surface area (TPSA) is 35.5 Å². The Morgan fingerprint density at radius 2 is 2.12 bits per heavy atom. The van der Waals surface area contributed by atoms with Crippen LogP contribution in [0.4, 0.5) is 0 Å². The fraction of sp³-hybridized carbons (Fsp3) is 0.750. The Hall–Kier alpha value is 0.352. The third-order valence-corrected chi connectivity index (χ3v) is 0.294. The first kappa shape index (κ1) is 11.2. The molecule has 0 amide bonds. The van der Waals surface area contributed by atoms with Crippen LogP contribution in [0.25, 0.3) is 0 Å². The van der Waals surface area contributed by atoms with Crippen molar-refractivity contribution in [1.82, 2.24) is 0 Å². The van der Waals surface area contributed by atoms with Gasteiger partial charge in [0, 0.05) is 34.2 Å². The largest absolute Gasteiger partial charge is 0.339 e. The fourth-order valence-corrected chi connectivity index (χ4v) is 0.142. The number of carbonyl (C=O) groups excluding carboxylic acids is 1. The minimum atomic E-state index is -0.415. The Balaban J connectivity index is 0. The van der Waals surface area contributed by atoms with E-state index in [1.54, 1.807) is 6.92 Å². The van der Waals surface area contributed by atoms with Crippen LogP contribution in [0.2, 0.25) is 0 Å². The third kappa shape index (κ3) is 9.61. The smallest absolute Gasteiger partial charge is 0.299 e. The zero-order valence-electron chi connectivity index (χ0n) is 5.14. The molecule has 3 nitrogen and oxygen atoms in total. The van der Waals surface area contributed by atoms with Crippen LogP contribution in [-0.2, 0) is 41.9 Å². The first-order valence-electron chi connectivity index (χ1n) is 2.07. The monoisotopic (exact) mass is 218 g/mol. The van der Waals surface area contributed by atoms with E-state index in [1.807, 2.05) is 0 Å². The summed E-state index contributed by atoms with van der Waals surface area (Å²) in [5, 5.41) is 0. The molecule has 0 aromatic carbocycles. The van der Waals surface area contributed by atoms with Gasteiger partial charge in [0.1, 0.15) is 0 Å². The second kappa shape index (κ2) is 7.35. The molecule has 0 fully saturated rings. The molecule has 0 aromatic heterocycles. The minimum Gasteiger partial charge on any atom is -0.299 e. The van der Waals surface area contributed by atoms with Gasteiger partial charge >= 0.3 is 5.97 Å². The molecule has 0 aromatic rings. The van der Waals surface area contributed by atoms with Gasteiger partial charge in [0.05, 0.1) is 6.61 Å². The molecular formula is C4H8CdO3. The van der Waals surface area contributed by atoms with E-state index in [0.717, 1.165) is 0 Å². The van der Waals surface area contributed by atoms with Gasteiger partial charge in [-0.05, 0) is 6.92 Å². The van der Waals surface area contributed by atoms with Gasteiger partial charge in [0.25, 0.3) is 0 Å². The first-order chi connectivity index (χ1) is 3.27. The van der Waals surface area contributed by atoms with E-state index in [9.17, 15) is 4.79 Å². The number of hydrogen-bond acceptors (Lipinski definition) is 3. The summed E-state index contributed by atoms with van der Waals surface area (Å²) in [6, 6.07) is 0. The summed E-state index contributed by atoms with van der Waals surface area (Å²) in [6.07, 6.45) is 0. The van der Waals surface area contributed by atoms with E-state index in [0.29, 0.717) is 6.61 Å². The number of hydrogen-bond donors (Lipinski definition) is 0. The Kier molecular flexibility index (Phi) is 10.3. The molecular weight excluding hydrogens is 208 g/mol. The molecule has 0 bridgehead atoms. The van der Waals surface area contributed by atoms with Gasteiger partial charge in [-0.15, -0.1) is 0 Å². The van der Waals surface area contributed by atoms with Crippen LogP contribution in [0.1, 0.15) is 13.8 Å². The molecule has 0 aliphatic carbocycles. The molecule has 0 spiro atoms. The van der Waals surface area contributed by atoms with Crippen molar-refractivity contribution < 1.29 is 41.9 Å². The van der Waals surface area contributed by atoms with Crippen molar-refractivity contribution in [2.24, 2.45) is 0 Å². The summed E-state index contributed by atoms with van der Waals surface area (Å²) >= 11 is 0. The molecule has 0 aliphatic rings. The van der Waals surface area contributed by atoms with Crippen LogP contribution >= 0.6 is 0 Å². The molecule has 44 valence electrons. The number of rotatable bonds is 2. The van der Waals surface area contributed by atoms with E-state index >= 15 is 0 Å². The normalized spacial score (nSPS) is 7.25. The van der Waals surface area contributed by atoms with E-state index in [4.69, 9.17) is 0 Å². The zero-order valence-corrected chi connectivity index (χ0v) is 9.18. The maximum absolute atomic E-state index is 9.86. The molecule has 0 heterocycles. The van der Waals surface area contributed by atoms with Crippen molar-refractivity contribution in [3.63, 3.8) is 0 Å². The van der Waals surface area contributed by atoms with Crippen molar-refractivity contribution in [3.8, 4) is 0 Å². The fourth-order valence-electron chi connectivity index (χ4n) is 0.142. The van der Waals surface area contributed by atoms with Gasteiger partial charge in [-0.2, -0.15) is 4.89 Å². The van der Waals surface area contributed by atoms with Crippen LogP contribution in [0.3, 0.4) is 0 Å². The Morgan fingerprint density at radius 1 is 1.62 bits per heavy atom. The molecule has 0 atom stereocenters. The van der Waals surface area contributed by atoms with Crippen LogP contribution in [0, 0.1) is 0 Å². The summed E-state index contributed by atoms with van der Waals surface area (Å²) in [5.74, 6) is -0.415. The second-order valence-corrected chi connectivity index (χ2v) is 0.981. The molecule has 0 aliphatic heterocycles. The predicted octanol–water partition coefficient (Wildman–Crippen LogP) is 0.498. The van der Waals surface area contributed by atoms with Crippen molar-refractivity contribution in [2.45, 2.75) is 13.8 Å². The Morgan fingerprint density at radius 3 is 2.25 bits per heavy atom. The van der Waals surface area contributed by atoms with Crippen molar-refractivity contribution in [2.75, 3.05) is 6.61 Å². The predicted molar refractivity (Wildman–Crippen MR) is 23.4 cm³/mol. The SMILES string of the molecule is CCOOC(C)=O.[Cd]. The minimum absolute atomic E-state index is 0. The third-order valence-electron chi connectivity index (χ3n) is 0.294. The van der Waals surface area contributed by atoms with Gasteiger partial charge in [-0.1, -0.05) is 0 Å². The van der Waals surface area contributed by atoms with E-state index < -0.39 is 5.97 Å². The van der Waals surface area contributed by atoms with E-state index in [-0.39, 0.29) is 27.3 Å². The molecule has 0 N–H and O–H groups in total. The van der Waals surface area contributed by atoms with E-state index in [2.05, 4.69) is 9.78 Å². The van der Waals surface area contributed by atoms with Crippen molar-refractivity contribution in [1.29, 1.82) is 0 Å². The van der Waals surface area contributed by atoms with Gasteiger partial charge in [-0.25, -0.2) is 4.79 Å². The van der Waals surface area contributed by atoms with Gasteiger partial charge in [-0.3, -0.25) is 4.89 Å². The molecule has 0 unspecified atom stereocenters. The van der Waals surface area contributed by atoms with E-state index in [1.165, 1.54) is 6.92 Å². The summed E-state index contributed by atoms with van der Waals surface area (Å²) in [4.78, 5) is 18.2. The average molecular weight is 217 g/mol. The van der Waals surface area contributed by atoms with Crippen molar-refractivity contribution in [3.05, 3.63) is 0 Å². The van der Waals surface area contributed by atoms with Gasteiger partial charge in [0.15, 0.2) is 0 Å². The maximum atomic E-state index is 9.86. The standard InChI is InChI=1S/C4H8O3.Cd/c1-3-6-7-4(2)5;/h3H2,1-2H3;. The van der Waals surface area contributed by atoms with Crippen LogP contribution < -0.4 is 0 Å². The summed E-state index contributed by atoms with van der Waals surface area (Å²) < 4.78 is 0. The average Bonchev–Trinajstić information content (AvgIpc) is 1.61. The van der Waals surface area contributed by atoms with Crippen LogP contribution in [0.15, 0.2) is 0 Å². The van der Waals surface area contributed by atoms with Crippen molar-refractivity contribution >= 4 is 5.97 Å². The van der Waals surface area contributed by atoms with Crippen LogP contribution in [0.5, 0.6) is 0 Å². The Bertz CT molecular complexity index is 64.3. The Labute approximate surface area is 68.4 Å². The second-order valence-electron chi connectivity index (χ2n) is 0.981. The summed E-state index contributed by atoms with van der Waals surface area (Å²) in [5.41, 5.74) is 0. The van der Waals surface area contributed by atoms with Gasteiger partial charge in [0.2, 0.25) is 0 Å². The zero-order chi connectivity index (χ0) is 5.70. The molecule has 4 heteroatoms. The van der Waals surface area contributed by atoms with Gasteiger partial charge < -0.3 is 0 Å². The summed E-state index contributed by atoms with van der Waals surface area (Å²) in [6.45, 7) is 3.43. The molecule has 0 saturated carbocycles. The summed E-state index contributed by atoms with van der Waals surface area (Å²) in [7, 11) is 0. The molecule has 0 radical (unpaired) electrons. The maximum Gasteiger partial charge on any atom is 0.339 e. The number of carbonyl (C=O) groups is 1. The molecule has 0 saturated heterocycles. The van der Waals surface area contributed by atoms with Crippen LogP contribution in [-0.4, -0.2) is 12.6 Å². The molecule has 0 rings (SSSR count).